The molecule has 3 radical (unpaired) electrons. The Morgan fingerprint density at radius 3 is 1.92 bits per heavy atom. The maximum Gasteiger partial charge on any atom is 0.111 e. The summed E-state index contributed by atoms with van der Waals surface area (Å²) in [5.74, 6) is 0. The Kier molecular flexibility index (Phi) is 6.50. The third-order valence-corrected chi connectivity index (χ3v) is 1.78. The van der Waals surface area contributed by atoms with Gasteiger partial charge in [-0.2, -0.15) is 0 Å². The van der Waals surface area contributed by atoms with Crippen molar-refractivity contribution >= 4 is 22.5 Å². The van der Waals surface area contributed by atoms with Crippen molar-refractivity contribution in [1.29, 1.82) is 0 Å². The van der Waals surface area contributed by atoms with E-state index in [-0.39, 0.29) is 12.7 Å². The Balaban J connectivity index is 0.000000424. The molecule has 71 valence electrons. The van der Waals surface area contributed by atoms with Crippen LogP contribution in [0.5, 0.6) is 0 Å². The van der Waals surface area contributed by atoms with Gasteiger partial charge in [0, 0.05) is 22.5 Å². The van der Waals surface area contributed by atoms with Crippen LogP contribution < -0.4 is 0 Å². The van der Waals surface area contributed by atoms with E-state index in [9.17, 15) is 0 Å². The van der Waals surface area contributed by atoms with E-state index in [1.165, 1.54) is 7.06 Å². The van der Waals surface area contributed by atoms with Gasteiger partial charge in [0.1, 0.15) is 18.3 Å². The van der Waals surface area contributed by atoms with Gasteiger partial charge in [-0.25, -0.2) is 0 Å². The van der Waals surface area contributed by atoms with E-state index < -0.39 is 18.3 Å². The molecule has 0 aromatic carbocycles. The molecule has 1 heterocycles. The Hall–Kier alpha value is 0.0348. The second kappa shape index (κ2) is 6.48. The zero-order chi connectivity index (χ0) is 10.4. The lowest BCUT2D eigenvalue weighted by molar-refractivity contribution is -0.0171. The van der Waals surface area contributed by atoms with E-state index in [1.54, 1.807) is 6.92 Å². The fraction of sp³-hybridized carbons (Fsp3) is 1.00. The third-order valence-electron chi connectivity index (χ3n) is 1.78. The molecule has 0 aromatic rings. The number of ether oxygens (including phenoxy) is 1. The standard InChI is InChI=1S/C6H12O4.B3H2/c1-3-5(8)6(9)4(2-7)10-3;1-3-2/h3-9H,2H2,1H3;1-2H/t3-,4+,5?,6-;/m0./s1. The fourth-order valence-corrected chi connectivity index (χ4v) is 1.09. The van der Waals surface area contributed by atoms with Gasteiger partial charge in [-0.3, -0.25) is 0 Å². The molecule has 1 aliphatic heterocycles. The minimum absolute atomic E-state index is 0.247. The molecule has 0 amide bonds. The molecule has 1 fully saturated rings. The predicted octanol–water partition coefficient (Wildman–Crippen LogP) is -3.19. The van der Waals surface area contributed by atoms with Crippen LogP contribution in [-0.4, -0.2) is 68.9 Å². The summed E-state index contributed by atoms with van der Waals surface area (Å²) in [7, 11) is 8.00. The predicted molar refractivity (Wildman–Crippen MR) is 53.5 cm³/mol. The van der Waals surface area contributed by atoms with Crippen molar-refractivity contribution in [3.63, 3.8) is 0 Å². The summed E-state index contributed by atoms with van der Waals surface area (Å²) in [4.78, 5) is 0. The van der Waals surface area contributed by atoms with Crippen LogP contribution in [-0.2, 0) is 4.74 Å². The van der Waals surface area contributed by atoms with Crippen LogP contribution in [0.2, 0.25) is 0 Å². The van der Waals surface area contributed by atoms with E-state index in [0.29, 0.717) is 0 Å². The Morgan fingerprint density at radius 1 is 1.31 bits per heavy atom. The third kappa shape index (κ3) is 3.73. The van der Waals surface area contributed by atoms with Gasteiger partial charge < -0.3 is 20.1 Å². The average Bonchev–Trinajstić information content (AvgIpc) is 2.34. The van der Waals surface area contributed by atoms with Crippen molar-refractivity contribution in [2.75, 3.05) is 6.61 Å². The van der Waals surface area contributed by atoms with Crippen molar-refractivity contribution < 1.29 is 20.1 Å². The van der Waals surface area contributed by atoms with Crippen molar-refractivity contribution in [3.8, 4) is 0 Å². The van der Waals surface area contributed by atoms with Gasteiger partial charge in [-0.05, 0) is 6.92 Å². The fourth-order valence-electron chi connectivity index (χ4n) is 1.09. The Morgan fingerprint density at radius 2 is 1.77 bits per heavy atom. The topological polar surface area (TPSA) is 69.9 Å². The van der Waals surface area contributed by atoms with Crippen LogP contribution in [0.4, 0.5) is 0 Å². The molecule has 0 spiro atoms. The van der Waals surface area contributed by atoms with E-state index in [0.717, 1.165) is 0 Å². The largest absolute Gasteiger partial charge is 0.394 e. The smallest absolute Gasteiger partial charge is 0.111 e. The average molecular weight is 183 g/mol. The molecular weight excluding hydrogens is 168 g/mol. The Bertz CT molecular complexity index is 137. The van der Waals surface area contributed by atoms with Gasteiger partial charge in [0.25, 0.3) is 0 Å². The lowest BCUT2D eigenvalue weighted by atomic mass is 9.40. The molecule has 1 rings (SSSR count). The summed E-state index contributed by atoms with van der Waals surface area (Å²) in [5.41, 5.74) is 0. The molecule has 13 heavy (non-hydrogen) atoms. The van der Waals surface area contributed by atoms with Crippen LogP contribution in [0.3, 0.4) is 0 Å². The number of aliphatic hydroxyl groups excluding tert-OH is 3. The summed E-state index contributed by atoms with van der Waals surface area (Å²) >= 11 is 0. The number of rotatable bonds is 1. The van der Waals surface area contributed by atoms with Crippen LogP contribution in [0, 0.1) is 0 Å². The molecule has 0 aromatic heterocycles. The molecule has 4 atom stereocenters. The van der Waals surface area contributed by atoms with Crippen LogP contribution >= 0.6 is 0 Å². The van der Waals surface area contributed by atoms with Gasteiger partial charge in [0.15, 0.2) is 0 Å². The minimum atomic E-state index is -0.944. The monoisotopic (exact) mass is 183 g/mol. The second-order valence-electron chi connectivity index (χ2n) is 2.83. The minimum Gasteiger partial charge on any atom is -0.394 e. The van der Waals surface area contributed by atoms with E-state index in [1.807, 2.05) is 0 Å². The maximum absolute atomic E-state index is 9.09. The first-order valence-electron chi connectivity index (χ1n) is 4.11. The van der Waals surface area contributed by atoms with Crippen LogP contribution in [0.1, 0.15) is 6.92 Å². The summed E-state index contributed by atoms with van der Waals surface area (Å²) in [6, 6.07) is 0. The molecule has 1 saturated heterocycles. The number of aliphatic hydroxyl groups is 3. The maximum atomic E-state index is 9.09. The van der Waals surface area contributed by atoms with E-state index in [4.69, 9.17) is 20.1 Å². The highest BCUT2D eigenvalue weighted by Crippen LogP contribution is 2.19. The van der Waals surface area contributed by atoms with Gasteiger partial charge in [0.2, 0.25) is 0 Å². The molecule has 1 aliphatic rings. The molecule has 0 bridgehead atoms. The highest BCUT2D eigenvalue weighted by molar-refractivity contribution is 7.17. The summed E-state index contributed by atoms with van der Waals surface area (Å²) in [5, 5.41) is 26.8. The quantitative estimate of drug-likeness (QED) is 0.374. The zero-order valence-electron chi connectivity index (χ0n) is 7.76. The summed E-state index contributed by atoms with van der Waals surface area (Å²) in [6.45, 7) is 1.41. The van der Waals surface area contributed by atoms with Gasteiger partial charge in [-0.15, -0.1) is 0 Å². The molecule has 7 heteroatoms. The molecular formula is C6H14B3O4. The number of hydrogen-bond donors (Lipinski definition) is 3. The second-order valence-corrected chi connectivity index (χ2v) is 2.83. The first-order chi connectivity index (χ1) is 6.08. The van der Waals surface area contributed by atoms with Crippen LogP contribution in [0.15, 0.2) is 0 Å². The van der Waals surface area contributed by atoms with E-state index >= 15 is 0 Å². The van der Waals surface area contributed by atoms with Crippen molar-refractivity contribution in [2.24, 2.45) is 0 Å². The Labute approximate surface area is 81.3 Å². The highest BCUT2D eigenvalue weighted by Gasteiger charge is 2.39. The van der Waals surface area contributed by atoms with Gasteiger partial charge >= 0.3 is 0 Å². The molecule has 1 unspecified atom stereocenters. The molecule has 3 N–H and O–H groups in total. The molecule has 4 nitrogen and oxygen atoms in total. The van der Waals surface area contributed by atoms with Crippen molar-refractivity contribution in [2.45, 2.75) is 31.3 Å². The zero-order valence-corrected chi connectivity index (χ0v) is 7.76. The highest BCUT2D eigenvalue weighted by atomic mass is 16.5. The normalized spacial score (nSPS) is 37.8. The lowest BCUT2D eigenvalue weighted by Crippen LogP contribution is -2.33. The number of hydrogen-bond acceptors (Lipinski definition) is 4. The molecule has 0 aliphatic carbocycles. The van der Waals surface area contributed by atoms with Gasteiger partial charge in [-0.1, -0.05) is 0 Å². The first kappa shape index (κ1) is 13.0. The van der Waals surface area contributed by atoms with Crippen LogP contribution in [0.25, 0.3) is 0 Å². The lowest BCUT2D eigenvalue weighted by Gasteiger charge is -2.10. The summed E-state index contributed by atoms with van der Waals surface area (Å²) in [6.07, 6.45) is -2.81. The van der Waals surface area contributed by atoms with Gasteiger partial charge in [0.05, 0.1) is 12.7 Å². The first-order valence-corrected chi connectivity index (χ1v) is 4.11. The van der Waals surface area contributed by atoms with E-state index in [2.05, 4.69) is 15.5 Å². The SMILES string of the molecule is C[C@@H]1O[C@H](CO)[C@H](O)C1O.[BH][B][BH]. The molecule has 0 saturated carbocycles. The van der Waals surface area contributed by atoms with Crippen molar-refractivity contribution in [3.05, 3.63) is 0 Å². The summed E-state index contributed by atoms with van der Waals surface area (Å²) < 4.78 is 4.98. The van der Waals surface area contributed by atoms with Crippen molar-refractivity contribution in [1.82, 2.24) is 0 Å².